The predicted octanol–water partition coefficient (Wildman–Crippen LogP) is 0.951. The average Bonchev–Trinajstić information content (AvgIpc) is 2.59. The summed E-state index contributed by atoms with van der Waals surface area (Å²) < 4.78 is 23.4. The standard InChI is InChI=1S/C14H20N2O2S/c17-19(18)8-3-6-16(7-9-19)14-11-15-10-12-4-1-2-5-13(12)14/h1-2,4-5,14-15H,3,6-11H2. The topological polar surface area (TPSA) is 49.4 Å². The van der Waals surface area contributed by atoms with E-state index in [0.717, 1.165) is 26.1 Å². The molecule has 104 valence electrons. The fraction of sp³-hybridized carbons (Fsp3) is 0.571. The van der Waals surface area contributed by atoms with Crippen LogP contribution >= 0.6 is 0 Å². The van der Waals surface area contributed by atoms with E-state index >= 15 is 0 Å². The zero-order chi connectivity index (χ0) is 13.3. The fourth-order valence-corrected chi connectivity index (χ4v) is 4.35. The van der Waals surface area contributed by atoms with Gasteiger partial charge in [0.25, 0.3) is 0 Å². The van der Waals surface area contributed by atoms with Crippen LogP contribution < -0.4 is 5.32 Å². The lowest BCUT2D eigenvalue weighted by Crippen LogP contribution is -2.41. The summed E-state index contributed by atoms with van der Waals surface area (Å²) >= 11 is 0. The maximum Gasteiger partial charge on any atom is 0.151 e. The van der Waals surface area contributed by atoms with Crippen LogP contribution in [0.4, 0.5) is 0 Å². The van der Waals surface area contributed by atoms with E-state index in [9.17, 15) is 8.42 Å². The van der Waals surface area contributed by atoms with Gasteiger partial charge >= 0.3 is 0 Å². The summed E-state index contributed by atoms with van der Waals surface area (Å²) in [6.07, 6.45) is 0.751. The Morgan fingerprint density at radius 3 is 2.89 bits per heavy atom. The van der Waals surface area contributed by atoms with Gasteiger partial charge in [-0.15, -0.1) is 0 Å². The van der Waals surface area contributed by atoms with Crippen LogP contribution in [0.25, 0.3) is 0 Å². The quantitative estimate of drug-likeness (QED) is 0.832. The van der Waals surface area contributed by atoms with Crippen LogP contribution in [0.3, 0.4) is 0 Å². The van der Waals surface area contributed by atoms with Crippen molar-refractivity contribution < 1.29 is 8.42 Å². The van der Waals surface area contributed by atoms with E-state index in [0.29, 0.717) is 24.1 Å². The highest BCUT2D eigenvalue weighted by Crippen LogP contribution is 2.28. The number of nitrogens with zero attached hydrogens (tertiary/aromatic N) is 1. The summed E-state index contributed by atoms with van der Waals surface area (Å²) in [5.41, 5.74) is 2.70. The van der Waals surface area contributed by atoms with Crippen molar-refractivity contribution in [3.05, 3.63) is 35.4 Å². The van der Waals surface area contributed by atoms with Gasteiger partial charge in [0.05, 0.1) is 11.5 Å². The lowest BCUT2D eigenvalue weighted by atomic mass is 9.95. The van der Waals surface area contributed by atoms with Gasteiger partial charge in [-0.25, -0.2) is 8.42 Å². The summed E-state index contributed by atoms with van der Waals surface area (Å²) in [5, 5.41) is 3.44. The summed E-state index contributed by atoms with van der Waals surface area (Å²) in [6.45, 7) is 3.36. The van der Waals surface area contributed by atoms with Crippen molar-refractivity contribution in [1.29, 1.82) is 0 Å². The molecule has 0 aromatic heterocycles. The van der Waals surface area contributed by atoms with Gasteiger partial charge in [-0.3, -0.25) is 4.90 Å². The fourth-order valence-electron chi connectivity index (χ4n) is 3.07. The van der Waals surface area contributed by atoms with E-state index in [-0.39, 0.29) is 0 Å². The lowest BCUT2D eigenvalue weighted by Gasteiger charge is -2.35. The molecule has 3 rings (SSSR count). The Morgan fingerprint density at radius 2 is 2.00 bits per heavy atom. The van der Waals surface area contributed by atoms with Crippen molar-refractivity contribution in [2.75, 3.05) is 31.1 Å². The van der Waals surface area contributed by atoms with Gasteiger partial charge in [0.15, 0.2) is 9.84 Å². The average molecular weight is 280 g/mol. The highest BCUT2D eigenvalue weighted by molar-refractivity contribution is 7.91. The summed E-state index contributed by atoms with van der Waals surface area (Å²) in [7, 11) is -2.83. The zero-order valence-corrected chi connectivity index (χ0v) is 11.8. The Morgan fingerprint density at radius 1 is 1.16 bits per heavy atom. The molecule has 2 heterocycles. The first-order valence-electron chi connectivity index (χ1n) is 6.89. The van der Waals surface area contributed by atoms with Gasteiger partial charge in [-0.2, -0.15) is 0 Å². The van der Waals surface area contributed by atoms with E-state index in [1.165, 1.54) is 11.1 Å². The van der Waals surface area contributed by atoms with E-state index in [1.807, 2.05) is 0 Å². The Balaban J connectivity index is 1.83. The monoisotopic (exact) mass is 280 g/mol. The molecule has 0 saturated carbocycles. The van der Waals surface area contributed by atoms with E-state index in [1.54, 1.807) is 0 Å². The molecule has 1 aromatic rings. The predicted molar refractivity (Wildman–Crippen MR) is 75.7 cm³/mol. The van der Waals surface area contributed by atoms with Gasteiger partial charge < -0.3 is 5.32 Å². The summed E-state index contributed by atoms with van der Waals surface area (Å²) in [4.78, 5) is 2.33. The molecule has 0 aliphatic carbocycles. The Bertz CT molecular complexity index is 556. The van der Waals surface area contributed by atoms with Crippen LogP contribution in [0.1, 0.15) is 23.6 Å². The molecule has 1 N–H and O–H groups in total. The van der Waals surface area contributed by atoms with Crippen LogP contribution in [-0.4, -0.2) is 44.5 Å². The molecule has 5 heteroatoms. The van der Waals surface area contributed by atoms with E-state index in [2.05, 4.69) is 34.5 Å². The number of rotatable bonds is 1. The molecule has 4 nitrogen and oxygen atoms in total. The van der Waals surface area contributed by atoms with Gasteiger partial charge in [0.1, 0.15) is 0 Å². The first-order valence-corrected chi connectivity index (χ1v) is 8.71. The van der Waals surface area contributed by atoms with Gasteiger partial charge in [-0.1, -0.05) is 24.3 Å². The van der Waals surface area contributed by atoms with Crippen molar-refractivity contribution in [3.63, 3.8) is 0 Å². The SMILES string of the molecule is O=S1(=O)CCCN(C2CNCc3ccccc32)CC1. The Hall–Kier alpha value is -0.910. The van der Waals surface area contributed by atoms with Gasteiger partial charge in [0, 0.05) is 25.7 Å². The van der Waals surface area contributed by atoms with Crippen molar-refractivity contribution in [2.45, 2.75) is 19.0 Å². The highest BCUT2D eigenvalue weighted by atomic mass is 32.2. The first kappa shape index (κ1) is 13.1. The number of fused-ring (bicyclic) bond motifs is 1. The molecule has 1 atom stereocenters. The lowest BCUT2D eigenvalue weighted by molar-refractivity contribution is 0.199. The van der Waals surface area contributed by atoms with E-state index in [4.69, 9.17) is 0 Å². The van der Waals surface area contributed by atoms with Crippen molar-refractivity contribution in [2.24, 2.45) is 0 Å². The van der Waals surface area contributed by atoms with Crippen LogP contribution in [0.2, 0.25) is 0 Å². The van der Waals surface area contributed by atoms with E-state index < -0.39 is 9.84 Å². The van der Waals surface area contributed by atoms with Crippen LogP contribution in [0.15, 0.2) is 24.3 Å². The molecule has 0 radical (unpaired) electrons. The normalized spacial score (nSPS) is 27.5. The molecule has 1 fully saturated rings. The molecule has 0 amide bonds. The largest absolute Gasteiger partial charge is 0.311 e. The third-order valence-corrected chi connectivity index (χ3v) is 5.81. The molecule has 1 aromatic carbocycles. The number of sulfone groups is 1. The molecule has 0 spiro atoms. The minimum atomic E-state index is -2.83. The summed E-state index contributed by atoms with van der Waals surface area (Å²) in [5.74, 6) is 0.636. The van der Waals surface area contributed by atoms with Crippen molar-refractivity contribution >= 4 is 9.84 Å². The Kier molecular flexibility index (Phi) is 3.60. The maximum absolute atomic E-state index is 11.7. The molecule has 19 heavy (non-hydrogen) atoms. The smallest absolute Gasteiger partial charge is 0.151 e. The van der Waals surface area contributed by atoms with Gasteiger partial charge in [0.2, 0.25) is 0 Å². The number of hydrogen-bond acceptors (Lipinski definition) is 4. The minimum absolute atomic E-state index is 0.297. The zero-order valence-electron chi connectivity index (χ0n) is 11.0. The molecule has 1 unspecified atom stereocenters. The second-order valence-electron chi connectivity index (χ2n) is 5.39. The first-order chi connectivity index (χ1) is 9.16. The van der Waals surface area contributed by atoms with Crippen LogP contribution in [-0.2, 0) is 16.4 Å². The van der Waals surface area contributed by atoms with Gasteiger partial charge in [-0.05, 0) is 24.1 Å². The molecular formula is C14H20N2O2S. The molecule has 0 bridgehead atoms. The van der Waals surface area contributed by atoms with Crippen molar-refractivity contribution in [3.8, 4) is 0 Å². The highest BCUT2D eigenvalue weighted by Gasteiger charge is 2.28. The number of benzene rings is 1. The van der Waals surface area contributed by atoms with Crippen molar-refractivity contribution in [1.82, 2.24) is 10.2 Å². The third kappa shape index (κ3) is 2.83. The number of nitrogens with one attached hydrogen (secondary N) is 1. The molecule has 1 saturated heterocycles. The maximum atomic E-state index is 11.7. The second kappa shape index (κ2) is 5.23. The molecule has 2 aliphatic heterocycles. The second-order valence-corrected chi connectivity index (χ2v) is 7.69. The molecule has 2 aliphatic rings. The number of hydrogen-bond donors (Lipinski definition) is 1. The van der Waals surface area contributed by atoms with Crippen LogP contribution in [0, 0.1) is 0 Å². The summed E-state index contributed by atoms with van der Waals surface area (Å²) in [6, 6.07) is 8.79. The molecular weight excluding hydrogens is 260 g/mol. The third-order valence-electron chi connectivity index (χ3n) is 4.10. The van der Waals surface area contributed by atoms with Crippen LogP contribution in [0.5, 0.6) is 0 Å². The Labute approximate surface area is 114 Å². The minimum Gasteiger partial charge on any atom is -0.311 e.